The largest absolute Gasteiger partial charge is 0.360 e. The van der Waals surface area contributed by atoms with E-state index in [1.165, 1.54) is 6.33 Å². The SMILES string of the molecule is CCCCN(C)c1cc(C(=O)N2CCN(C)CC2)ncn1. The second kappa shape index (κ2) is 7.36. The molecule has 1 aliphatic rings. The van der Waals surface area contributed by atoms with E-state index in [2.05, 4.69) is 33.7 Å². The van der Waals surface area contributed by atoms with Crippen LogP contribution in [0.15, 0.2) is 12.4 Å². The van der Waals surface area contributed by atoms with Gasteiger partial charge in [0.05, 0.1) is 0 Å². The number of nitrogens with zero attached hydrogens (tertiary/aromatic N) is 5. The topological polar surface area (TPSA) is 52.6 Å². The van der Waals surface area contributed by atoms with Crippen LogP contribution in [-0.2, 0) is 0 Å². The van der Waals surface area contributed by atoms with Gasteiger partial charge in [0.2, 0.25) is 0 Å². The Kier molecular flexibility index (Phi) is 5.50. The van der Waals surface area contributed by atoms with Gasteiger partial charge in [0.15, 0.2) is 0 Å². The average molecular weight is 291 g/mol. The standard InChI is InChI=1S/C15H25N5O/c1-4-5-6-19(3)14-11-13(16-12-17-14)15(21)20-9-7-18(2)8-10-20/h11-12H,4-10H2,1-3H3. The summed E-state index contributed by atoms with van der Waals surface area (Å²) >= 11 is 0. The Morgan fingerprint density at radius 2 is 2.00 bits per heavy atom. The van der Waals surface area contributed by atoms with E-state index in [0.29, 0.717) is 5.69 Å². The van der Waals surface area contributed by atoms with Crippen LogP contribution in [0.25, 0.3) is 0 Å². The summed E-state index contributed by atoms with van der Waals surface area (Å²) in [6.07, 6.45) is 3.74. The minimum Gasteiger partial charge on any atom is -0.360 e. The minimum absolute atomic E-state index is 0.00985. The van der Waals surface area contributed by atoms with E-state index in [9.17, 15) is 4.79 Å². The van der Waals surface area contributed by atoms with E-state index in [-0.39, 0.29) is 5.91 Å². The molecule has 2 heterocycles. The lowest BCUT2D eigenvalue weighted by molar-refractivity contribution is 0.0658. The van der Waals surface area contributed by atoms with Crippen LogP contribution in [0.2, 0.25) is 0 Å². The highest BCUT2D eigenvalue weighted by atomic mass is 16.2. The molecule has 0 saturated carbocycles. The van der Waals surface area contributed by atoms with E-state index in [1.807, 2.05) is 11.9 Å². The molecule has 21 heavy (non-hydrogen) atoms. The van der Waals surface area contributed by atoms with E-state index in [4.69, 9.17) is 0 Å². The monoisotopic (exact) mass is 291 g/mol. The molecule has 0 bridgehead atoms. The van der Waals surface area contributed by atoms with Crippen LogP contribution in [0.4, 0.5) is 5.82 Å². The lowest BCUT2D eigenvalue weighted by Crippen LogP contribution is -2.47. The smallest absolute Gasteiger partial charge is 0.272 e. The number of likely N-dealkylation sites (N-methyl/N-ethyl adjacent to an activating group) is 1. The first kappa shape index (κ1) is 15.7. The molecule has 116 valence electrons. The van der Waals surface area contributed by atoms with Gasteiger partial charge in [-0.15, -0.1) is 0 Å². The molecule has 1 aliphatic heterocycles. The van der Waals surface area contributed by atoms with Gasteiger partial charge in [0.1, 0.15) is 17.8 Å². The van der Waals surface area contributed by atoms with Gasteiger partial charge >= 0.3 is 0 Å². The minimum atomic E-state index is 0.00985. The maximum atomic E-state index is 12.5. The van der Waals surface area contributed by atoms with Crippen molar-refractivity contribution in [1.82, 2.24) is 19.8 Å². The molecule has 0 N–H and O–H groups in total. The molecule has 0 radical (unpaired) electrons. The highest BCUT2D eigenvalue weighted by Gasteiger charge is 2.21. The Labute approximate surface area is 126 Å². The van der Waals surface area contributed by atoms with E-state index in [0.717, 1.165) is 51.4 Å². The molecule has 1 fully saturated rings. The molecular weight excluding hydrogens is 266 g/mol. The summed E-state index contributed by atoms with van der Waals surface area (Å²) in [5, 5.41) is 0. The third-order valence-electron chi connectivity index (χ3n) is 3.90. The number of carbonyl (C=O) groups is 1. The lowest BCUT2D eigenvalue weighted by atomic mass is 10.2. The fraction of sp³-hybridized carbons (Fsp3) is 0.667. The third kappa shape index (κ3) is 4.14. The number of hydrogen-bond donors (Lipinski definition) is 0. The van der Waals surface area contributed by atoms with Crippen LogP contribution in [0.5, 0.6) is 0 Å². The summed E-state index contributed by atoms with van der Waals surface area (Å²) in [4.78, 5) is 27.1. The Bertz CT molecular complexity index is 471. The van der Waals surface area contributed by atoms with Crippen LogP contribution in [-0.4, -0.2) is 72.5 Å². The second-order valence-corrected chi connectivity index (χ2v) is 5.63. The number of carbonyl (C=O) groups excluding carboxylic acids is 1. The van der Waals surface area contributed by atoms with Crippen LogP contribution < -0.4 is 4.90 Å². The summed E-state index contributed by atoms with van der Waals surface area (Å²) < 4.78 is 0. The molecular formula is C15H25N5O. The molecule has 0 spiro atoms. The van der Waals surface area contributed by atoms with Crippen LogP contribution in [0.3, 0.4) is 0 Å². The van der Waals surface area contributed by atoms with Gasteiger partial charge in [-0.2, -0.15) is 0 Å². The van der Waals surface area contributed by atoms with Crippen molar-refractivity contribution in [3.63, 3.8) is 0 Å². The fourth-order valence-corrected chi connectivity index (χ4v) is 2.35. The maximum Gasteiger partial charge on any atom is 0.272 e. The number of amides is 1. The summed E-state index contributed by atoms with van der Waals surface area (Å²) in [6.45, 7) is 6.46. The molecule has 6 nitrogen and oxygen atoms in total. The first-order valence-electron chi connectivity index (χ1n) is 7.62. The molecule has 0 aromatic carbocycles. The number of unbranched alkanes of at least 4 members (excludes halogenated alkanes) is 1. The van der Waals surface area contributed by atoms with Gasteiger partial charge in [-0.05, 0) is 13.5 Å². The van der Waals surface area contributed by atoms with Crippen LogP contribution in [0.1, 0.15) is 30.3 Å². The van der Waals surface area contributed by atoms with Gasteiger partial charge in [-0.1, -0.05) is 13.3 Å². The summed E-state index contributed by atoms with van der Waals surface area (Å²) in [5.41, 5.74) is 0.493. The predicted octanol–water partition coefficient (Wildman–Crippen LogP) is 1.10. The first-order valence-corrected chi connectivity index (χ1v) is 7.62. The molecule has 1 aromatic heterocycles. The molecule has 1 amide bonds. The number of anilines is 1. The summed E-state index contributed by atoms with van der Waals surface area (Å²) in [7, 11) is 4.08. The number of piperazine rings is 1. The van der Waals surface area contributed by atoms with Gasteiger partial charge in [0.25, 0.3) is 5.91 Å². The second-order valence-electron chi connectivity index (χ2n) is 5.63. The van der Waals surface area contributed by atoms with Gasteiger partial charge in [-0.25, -0.2) is 9.97 Å². The highest BCUT2D eigenvalue weighted by Crippen LogP contribution is 2.12. The number of aromatic nitrogens is 2. The van der Waals surface area contributed by atoms with Crippen molar-refractivity contribution in [1.29, 1.82) is 0 Å². The van der Waals surface area contributed by atoms with Crippen molar-refractivity contribution in [3.05, 3.63) is 18.1 Å². The predicted molar refractivity (Wildman–Crippen MR) is 83.6 cm³/mol. The molecule has 2 rings (SSSR count). The zero-order valence-corrected chi connectivity index (χ0v) is 13.2. The summed E-state index contributed by atoms with van der Waals surface area (Å²) in [6, 6.07) is 1.80. The first-order chi connectivity index (χ1) is 10.1. The Hall–Kier alpha value is -1.69. The van der Waals surface area contributed by atoms with Crippen molar-refractivity contribution < 1.29 is 4.79 Å². The Morgan fingerprint density at radius 1 is 1.29 bits per heavy atom. The van der Waals surface area contributed by atoms with Crippen molar-refractivity contribution in [3.8, 4) is 0 Å². The zero-order chi connectivity index (χ0) is 15.2. The van der Waals surface area contributed by atoms with E-state index < -0.39 is 0 Å². The highest BCUT2D eigenvalue weighted by molar-refractivity contribution is 5.93. The van der Waals surface area contributed by atoms with E-state index in [1.54, 1.807) is 6.07 Å². The van der Waals surface area contributed by atoms with Crippen molar-refractivity contribution in [2.75, 3.05) is 51.7 Å². The maximum absolute atomic E-state index is 12.5. The average Bonchev–Trinajstić information content (AvgIpc) is 2.52. The molecule has 1 aromatic rings. The van der Waals surface area contributed by atoms with Crippen LogP contribution in [0, 0.1) is 0 Å². The Morgan fingerprint density at radius 3 is 2.67 bits per heavy atom. The lowest BCUT2D eigenvalue weighted by Gasteiger charge is -2.32. The van der Waals surface area contributed by atoms with Gasteiger partial charge < -0.3 is 14.7 Å². The van der Waals surface area contributed by atoms with Crippen molar-refractivity contribution in [2.45, 2.75) is 19.8 Å². The molecule has 0 aliphatic carbocycles. The van der Waals surface area contributed by atoms with Crippen molar-refractivity contribution in [2.24, 2.45) is 0 Å². The van der Waals surface area contributed by atoms with Gasteiger partial charge in [-0.3, -0.25) is 4.79 Å². The van der Waals surface area contributed by atoms with Crippen LogP contribution >= 0.6 is 0 Å². The number of rotatable bonds is 5. The number of hydrogen-bond acceptors (Lipinski definition) is 5. The quantitative estimate of drug-likeness (QED) is 0.813. The van der Waals surface area contributed by atoms with E-state index >= 15 is 0 Å². The fourth-order valence-electron chi connectivity index (χ4n) is 2.35. The Balaban J connectivity index is 2.04. The molecule has 1 saturated heterocycles. The summed E-state index contributed by atoms with van der Waals surface area (Å²) in [5.74, 6) is 0.826. The van der Waals surface area contributed by atoms with Gasteiger partial charge in [0, 0.05) is 45.8 Å². The van der Waals surface area contributed by atoms with Crippen molar-refractivity contribution >= 4 is 11.7 Å². The third-order valence-corrected chi connectivity index (χ3v) is 3.90. The zero-order valence-electron chi connectivity index (χ0n) is 13.2. The molecule has 0 atom stereocenters. The normalized spacial score (nSPS) is 16.0. The molecule has 6 heteroatoms. The molecule has 0 unspecified atom stereocenters.